The van der Waals surface area contributed by atoms with Crippen molar-refractivity contribution in [3.63, 3.8) is 0 Å². The molecule has 2 N–H and O–H groups in total. The van der Waals surface area contributed by atoms with Crippen molar-refractivity contribution in [3.8, 4) is 17.2 Å². The van der Waals surface area contributed by atoms with Crippen molar-refractivity contribution in [3.05, 3.63) is 108 Å². The molecule has 196 valence electrons. The number of benzene rings is 3. The van der Waals surface area contributed by atoms with E-state index in [1.165, 1.54) is 0 Å². The molecule has 3 aromatic carbocycles. The van der Waals surface area contributed by atoms with Gasteiger partial charge in [0.25, 0.3) is 0 Å². The highest BCUT2D eigenvalue weighted by atomic mass is 16.5. The summed E-state index contributed by atoms with van der Waals surface area (Å²) in [6.07, 6.45) is 1.32. The molecular formula is C31H32N2O5. The van der Waals surface area contributed by atoms with Gasteiger partial charge in [-0.3, -0.25) is 4.79 Å². The summed E-state index contributed by atoms with van der Waals surface area (Å²) in [7, 11) is 0. The van der Waals surface area contributed by atoms with Crippen molar-refractivity contribution in [2.45, 2.75) is 39.2 Å². The molecule has 0 bridgehead atoms. The lowest BCUT2D eigenvalue weighted by Crippen LogP contribution is -2.44. The summed E-state index contributed by atoms with van der Waals surface area (Å²) in [5.74, 6) is 0.348. The van der Waals surface area contributed by atoms with Crippen LogP contribution in [0.1, 0.15) is 29.5 Å². The number of hydrogen-bond donors (Lipinski definition) is 2. The first-order valence-corrected chi connectivity index (χ1v) is 12.7. The van der Waals surface area contributed by atoms with Gasteiger partial charge in [-0.2, -0.15) is 0 Å². The molecule has 0 aliphatic rings. The van der Waals surface area contributed by atoms with Crippen molar-refractivity contribution in [2.75, 3.05) is 6.61 Å². The van der Waals surface area contributed by atoms with Crippen LogP contribution in [-0.4, -0.2) is 34.6 Å². The topological polar surface area (TPSA) is 102 Å². The summed E-state index contributed by atoms with van der Waals surface area (Å²) in [4.78, 5) is 29.1. The summed E-state index contributed by atoms with van der Waals surface area (Å²) in [5, 5.41) is 12.4. The third-order valence-electron chi connectivity index (χ3n) is 6.33. The lowest BCUT2D eigenvalue weighted by atomic mass is 9.99. The maximum atomic E-state index is 12.6. The second-order valence-electron chi connectivity index (χ2n) is 9.32. The van der Waals surface area contributed by atoms with Gasteiger partial charge in [0.05, 0.1) is 12.3 Å². The first-order chi connectivity index (χ1) is 18.4. The molecule has 1 aromatic heterocycles. The number of rotatable bonds is 12. The number of nitrogens with zero attached hydrogens (tertiary/aromatic N) is 1. The minimum absolute atomic E-state index is 0.180. The van der Waals surface area contributed by atoms with E-state index in [-0.39, 0.29) is 18.2 Å². The van der Waals surface area contributed by atoms with Crippen LogP contribution >= 0.6 is 0 Å². The number of aliphatic carboxylic acids is 1. The van der Waals surface area contributed by atoms with Crippen LogP contribution in [0.4, 0.5) is 0 Å². The fraction of sp³-hybridized carbons (Fsp3) is 0.258. The highest BCUT2D eigenvalue weighted by Gasteiger charge is 2.23. The molecule has 0 aliphatic heterocycles. The molecule has 0 fully saturated rings. The zero-order chi connectivity index (χ0) is 26.9. The molecule has 0 aliphatic carbocycles. The Morgan fingerprint density at radius 2 is 1.55 bits per heavy atom. The van der Waals surface area contributed by atoms with Gasteiger partial charge in [0.2, 0.25) is 11.8 Å². The maximum absolute atomic E-state index is 12.6. The fourth-order valence-electron chi connectivity index (χ4n) is 4.16. The molecule has 1 amide bonds. The number of carboxylic acid groups (broad SMARTS) is 1. The van der Waals surface area contributed by atoms with Gasteiger partial charge in [0.1, 0.15) is 17.6 Å². The van der Waals surface area contributed by atoms with E-state index >= 15 is 0 Å². The van der Waals surface area contributed by atoms with E-state index in [9.17, 15) is 14.7 Å². The molecule has 4 aromatic rings. The third-order valence-corrected chi connectivity index (χ3v) is 6.33. The number of ether oxygens (including phenoxy) is 1. The van der Waals surface area contributed by atoms with Crippen LogP contribution in [0.15, 0.2) is 89.3 Å². The molecular weight excluding hydrogens is 480 g/mol. The molecule has 2 atom stereocenters. The summed E-state index contributed by atoms with van der Waals surface area (Å²) >= 11 is 0. The Bertz CT molecular complexity index is 1330. The predicted molar refractivity (Wildman–Crippen MR) is 145 cm³/mol. The minimum atomic E-state index is -1.07. The first-order valence-electron chi connectivity index (χ1n) is 12.7. The Kier molecular flexibility index (Phi) is 8.93. The molecule has 0 saturated carbocycles. The van der Waals surface area contributed by atoms with Crippen LogP contribution in [0.3, 0.4) is 0 Å². The number of carboxylic acids is 1. The van der Waals surface area contributed by atoms with Crippen molar-refractivity contribution in [1.29, 1.82) is 0 Å². The zero-order valence-electron chi connectivity index (χ0n) is 21.6. The summed E-state index contributed by atoms with van der Waals surface area (Å²) < 4.78 is 11.7. The van der Waals surface area contributed by atoms with Crippen LogP contribution in [0.2, 0.25) is 0 Å². The Hall–Kier alpha value is -4.39. The average Bonchev–Trinajstić information content (AvgIpc) is 3.30. The van der Waals surface area contributed by atoms with Gasteiger partial charge in [0.15, 0.2) is 0 Å². The van der Waals surface area contributed by atoms with Crippen LogP contribution in [-0.2, 0) is 28.9 Å². The van der Waals surface area contributed by atoms with E-state index in [1.54, 1.807) is 19.1 Å². The van der Waals surface area contributed by atoms with Gasteiger partial charge in [0, 0.05) is 24.3 Å². The number of oxazole rings is 1. The standard InChI is InChI=1S/C31H32N2O5/c1-21(19-23-9-5-3-6-10-23)29(34)32-28(31(35)36)20-24-13-15-26(16-14-24)37-18-17-27-22(2)38-30(33-27)25-11-7-4-8-12-25/h3-16,21,28H,17-20H2,1-2H3,(H,32,34)(H,35,36)/t21?,28-/m0/s1. The van der Waals surface area contributed by atoms with E-state index in [0.717, 1.165) is 28.1 Å². The largest absolute Gasteiger partial charge is 0.493 e. The molecule has 38 heavy (non-hydrogen) atoms. The molecule has 7 nitrogen and oxygen atoms in total. The van der Waals surface area contributed by atoms with Gasteiger partial charge in [-0.15, -0.1) is 0 Å². The van der Waals surface area contributed by atoms with E-state index in [0.29, 0.717) is 31.1 Å². The summed E-state index contributed by atoms with van der Waals surface area (Å²) in [6, 6.07) is 25.7. The molecule has 4 rings (SSSR count). The summed E-state index contributed by atoms with van der Waals surface area (Å²) in [5.41, 5.74) is 3.61. The average molecular weight is 513 g/mol. The number of aromatic nitrogens is 1. The van der Waals surface area contributed by atoms with Crippen molar-refractivity contribution >= 4 is 11.9 Å². The molecule has 1 heterocycles. The number of aryl methyl sites for hydroxylation is 1. The number of amides is 1. The van der Waals surface area contributed by atoms with E-state index in [4.69, 9.17) is 9.15 Å². The normalized spacial score (nSPS) is 12.5. The second kappa shape index (κ2) is 12.7. The molecule has 7 heteroatoms. The lowest BCUT2D eigenvalue weighted by molar-refractivity contribution is -0.142. The minimum Gasteiger partial charge on any atom is -0.493 e. The number of carbonyl (C=O) groups is 2. The van der Waals surface area contributed by atoms with E-state index in [1.807, 2.05) is 79.7 Å². The predicted octanol–water partition coefficient (Wildman–Crippen LogP) is 5.26. The Balaban J connectivity index is 1.27. The maximum Gasteiger partial charge on any atom is 0.326 e. The SMILES string of the molecule is Cc1oc(-c2ccccc2)nc1CCOc1ccc(C[C@H](NC(=O)C(C)Cc2ccccc2)C(=O)O)cc1. The van der Waals surface area contributed by atoms with Crippen molar-refractivity contribution < 1.29 is 23.8 Å². The van der Waals surface area contributed by atoms with Gasteiger partial charge in [-0.25, -0.2) is 9.78 Å². The van der Waals surface area contributed by atoms with Crippen molar-refractivity contribution in [2.24, 2.45) is 5.92 Å². The highest BCUT2D eigenvalue weighted by molar-refractivity contribution is 5.85. The first kappa shape index (κ1) is 26.7. The number of nitrogens with one attached hydrogen (secondary N) is 1. The van der Waals surface area contributed by atoms with Crippen LogP contribution in [0, 0.1) is 12.8 Å². The van der Waals surface area contributed by atoms with Gasteiger partial charge in [-0.1, -0.05) is 67.6 Å². The lowest BCUT2D eigenvalue weighted by Gasteiger charge is -2.18. The van der Waals surface area contributed by atoms with E-state index < -0.39 is 12.0 Å². The second-order valence-corrected chi connectivity index (χ2v) is 9.32. The van der Waals surface area contributed by atoms with Crippen molar-refractivity contribution in [1.82, 2.24) is 10.3 Å². The number of carbonyl (C=O) groups excluding carboxylic acids is 1. The fourth-order valence-corrected chi connectivity index (χ4v) is 4.16. The quantitative estimate of drug-likeness (QED) is 0.268. The zero-order valence-corrected chi connectivity index (χ0v) is 21.6. The van der Waals surface area contributed by atoms with E-state index in [2.05, 4.69) is 10.3 Å². The Morgan fingerprint density at radius 3 is 2.21 bits per heavy atom. The highest BCUT2D eigenvalue weighted by Crippen LogP contribution is 2.22. The third kappa shape index (κ3) is 7.32. The monoisotopic (exact) mass is 512 g/mol. The summed E-state index contributed by atoms with van der Waals surface area (Å²) in [6.45, 7) is 4.12. The molecule has 1 unspecified atom stereocenters. The van der Waals surface area contributed by atoms with Crippen LogP contribution < -0.4 is 10.1 Å². The van der Waals surface area contributed by atoms with Gasteiger partial charge in [-0.05, 0) is 48.7 Å². The molecule has 0 radical (unpaired) electrons. The Labute approximate surface area is 222 Å². The van der Waals surface area contributed by atoms with Crippen LogP contribution in [0.25, 0.3) is 11.5 Å². The van der Waals surface area contributed by atoms with Crippen LogP contribution in [0.5, 0.6) is 5.75 Å². The smallest absolute Gasteiger partial charge is 0.326 e. The molecule has 0 saturated heterocycles. The number of hydrogen-bond acceptors (Lipinski definition) is 5. The van der Waals surface area contributed by atoms with Gasteiger partial charge >= 0.3 is 5.97 Å². The van der Waals surface area contributed by atoms with Gasteiger partial charge < -0.3 is 19.6 Å². The molecule has 0 spiro atoms. The Morgan fingerprint density at radius 1 is 0.921 bits per heavy atom.